The molecule has 0 aliphatic rings. The minimum Gasteiger partial charge on any atom is -0.462 e. The first kappa shape index (κ1) is 15.3. The Morgan fingerprint density at radius 2 is 2.16 bits per heavy atom. The topological polar surface area (TPSA) is 94.1 Å². The average molecular weight is 352 g/mol. The van der Waals surface area contributed by atoms with E-state index in [0.29, 0.717) is 17.4 Å². The summed E-state index contributed by atoms with van der Waals surface area (Å²) in [5.74, 6) is 0.735. The Bertz CT molecular complexity index is 1040. The molecule has 1 N–H and O–H groups in total. The number of hydrogen-bond donors (Lipinski definition) is 1. The molecular formula is C17H12N4O3S. The van der Waals surface area contributed by atoms with Crippen LogP contribution in [0.3, 0.4) is 0 Å². The van der Waals surface area contributed by atoms with Gasteiger partial charge >= 0.3 is 0 Å². The molecule has 0 bridgehead atoms. The van der Waals surface area contributed by atoms with Crippen LogP contribution < -0.4 is 5.32 Å². The maximum Gasteiger partial charge on any atom is 0.278 e. The molecule has 0 fully saturated rings. The summed E-state index contributed by atoms with van der Waals surface area (Å²) in [7, 11) is 0. The number of aromatic nitrogens is 2. The van der Waals surface area contributed by atoms with E-state index in [4.69, 9.17) is 4.42 Å². The van der Waals surface area contributed by atoms with Gasteiger partial charge in [-0.3, -0.25) is 15.1 Å². The molecule has 0 atom stereocenters. The monoisotopic (exact) mass is 352 g/mol. The van der Waals surface area contributed by atoms with Crippen molar-refractivity contribution in [1.29, 1.82) is 0 Å². The lowest BCUT2D eigenvalue weighted by Crippen LogP contribution is -2.02. The van der Waals surface area contributed by atoms with E-state index in [0.717, 1.165) is 22.1 Å². The second kappa shape index (κ2) is 6.33. The van der Waals surface area contributed by atoms with E-state index in [1.54, 1.807) is 30.7 Å². The van der Waals surface area contributed by atoms with Gasteiger partial charge in [0.05, 0.1) is 34.5 Å². The van der Waals surface area contributed by atoms with Crippen molar-refractivity contribution in [3.63, 3.8) is 0 Å². The quantitative estimate of drug-likeness (QED) is 0.420. The van der Waals surface area contributed by atoms with E-state index >= 15 is 0 Å². The van der Waals surface area contributed by atoms with Gasteiger partial charge in [-0.25, -0.2) is 4.98 Å². The number of fused-ring (bicyclic) bond motifs is 1. The number of nitrogens with zero attached hydrogens (tertiary/aromatic N) is 3. The third kappa shape index (κ3) is 2.94. The second-order valence-electron chi connectivity index (χ2n) is 5.26. The summed E-state index contributed by atoms with van der Waals surface area (Å²) in [4.78, 5) is 19.6. The molecule has 7 nitrogen and oxygen atoms in total. The molecule has 0 aliphatic carbocycles. The molecule has 1 aromatic carbocycles. The minimum absolute atomic E-state index is 0.0439. The van der Waals surface area contributed by atoms with Crippen LogP contribution in [-0.4, -0.2) is 14.9 Å². The molecule has 25 heavy (non-hydrogen) atoms. The fourth-order valence-electron chi connectivity index (χ4n) is 2.55. The Kier molecular flexibility index (Phi) is 3.87. The Morgan fingerprint density at radius 1 is 1.24 bits per heavy atom. The summed E-state index contributed by atoms with van der Waals surface area (Å²) in [5, 5.41) is 17.7. The second-order valence-corrected chi connectivity index (χ2v) is 6.12. The molecule has 3 aromatic heterocycles. The highest BCUT2D eigenvalue weighted by Gasteiger charge is 2.15. The third-order valence-electron chi connectivity index (χ3n) is 3.69. The molecule has 0 saturated carbocycles. The van der Waals surface area contributed by atoms with Crippen molar-refractivity contribution in [3.8, 4) is 10.8 Å². The number of nitro benzene ring substituents is 1. The van der Waals surface area contributed by atoms with Crippen LogP contribution in [0.5, 0.6) is 0 Å². The lowest BCUT2D eigenvalue weighted by Gasteiger charge is -2.08. The van der Waals surface area contributed by atoms with E-state index < -0.39 is 4.92 Å². The van der Waals surface area contributed by atoms with Crippen molar-refractivity contribution in [2.75, 3.05) is 5.32 Å². The number of hydrogen-bond acceptors (Lipinski definition) is 7. The maximum atomic E-state index is 11.2. The van der Waals surface area contributed by atoms with Gasteiger partial charge in [0, 0.05) is 17.6 Å². The molecule has 0 unspecified atom stereocenters. The number of benzene rings is 1. The van der Waals surface area contributed by atoms with Crippen molar-refractivity contribution in [1.82, 2.24) is 9.97 Å². The number of pyridine rings is 1. The molecule has 0 saturated heterocycles. The molecule has 4 aromatic rings. The van der Waals surface area contributed by atoms with Gasteiger partial charge < -0.3 is 9.73 Å². The average Bonchev–Trinajstić information content (AvgIpc) is 3.30. The molecule has 4 rings (SSSR count). The SMILES string of the molecule is O=[N+]([O-])c1ccc(NCc2csc(-c3ccco3)n2)c2ncccc12. The molecule has 0 aliphatic heterocycles. The molecular weight excluding hydrogens is 340 g/mol. The van der Waals surface area contributed by atoms with Crippen molar-refractivity contribution >= 4 is 33.6 Å². The van der Waals surface area contributed by atoms with E-state index in [1.165, 1.54) is 17.4 Å². The first-order chi connectivity index (χ1) is 12.2. The standard InChI is InChI=1S/C17H12N4O3S/c22-21(23)14-6-5-13(16-12(14)3-1-7-18-16)19-9-11-10-25-17(20-11)15-4-2-8-24-15/h1-8,10,19H,9H2. The number of rotatable bonds is 5. The van der Waals surface area contributed by atoms with Crippen LogP contribution in [0.4, 0.5) is 11.4 Å². The number of nitrogens with one attached hydrogen (secondary N) is 1. The van der Waals surface area contributed by atoms with Gasteiger partial charge in [-0.15, -0.1) is 11.3 Å². The van der Waals surface area contributed by atoms with Crippen molar-refractivity contribution in [3.05, 3.63) is 70.0 Å². The first-order valence-electron chi connectivity index (χ1n) is 7.46. The number of furan rings is 1. The lowest BCUT2D eigenvalue weighted by molar-refractivity contribution is -0.383. The highest BCUT2D eigenvalue weighted by molar-refractivity contribution is 7.13. The van der Waals surface area contributed by atoms with E-state index in [-0.39, 0.29) is 5.69 Å². The van der Waals surface area contributed by atoms with Gasteiger partial charge in [-0.2, -0.15) is 0 Å². The van der Waals surface area contributed by atoms with Gasteiger partial charge in [0.15, 0.2) is 10.8 Å². The molecule has 8 heteroatoms. The fraction of sp³-hybridized carbons (Fsp3) is 0.0588. The Hall–Kier alpha value is -3.26. The van der Waals surface area contributed by atoms with E-state index in [1.807, 2.05) is 17.5 Å². The Labute approximate surface area is 146 Å². The molecule has 0 radical (unpaired) electrons. The molecule has 3 heterocycles. The van der Waals surface area contributed by atoms with Gasteiger partial charge in [-0.1, -0.05) is 0 Å². The molecule has 124 valence electrons. The van der Waals surface area contributed by atoms with Crippen LogP contribution in [0.2, 0.25) is 0 Å². The van der Waals surface area contributed by atoms with Crippen LogP contribution in [0.1, 0.15) is 5.69 Å². The van der Waals surface area contributed by atoms with Crippen LogP contribution in [0.25, 0.3) is 21.7 Å². The summed E-state index contributed by atoms with van der Waals surface area (Å²) in [6.45, 7) is 0.487. The summed E-state index contributed by atoms with van der Waals surface area (Å²) in [6.07, 6.45) is 3.23. The fourth-order valence-corrected chi connectivity index (χ4v) is 3.33. The van der Waals surface area contributed by atoms with Crippen LogP contribution >= 0.6 is 11.3 Å². The van der Waals surface area contributed by atoms with Gasteiger partial charge in [0.25, 0.3) is 5.69 Å². The Morgan fingerprint density at radius 3 is 2.96 bits per heavy atom. The van der Waals surface area contributed by atoms with E-state index in [2.05, 4.69) is 15.3 Å². The zero-order chi connectivity index (χ0) is 17.2. The first-order valence-corrected chi connectivity index (χ1v) is 8.34. The smallest absolute Gasteiger partial charge is 0.278 e. The van der Waals surface area contributed by atoms with Crippen LogP contribution in [0, 0.1) is 10.1 Å². The van der Waals surface area contributed by atoms with Crippen LogP contribution in [0.15, 0.2) is 58.7 Å². The van der Waals surface area contributed by atoms with Crippen molar-refractivity contribution < 1.29 is 9.34 Å². The zero-order valence-electron chi connectivity index (χ0n) is 12.9. The summed E-state index contributed by atoms with van der Waals surface area (Å²) < 4.78 is 5.34. The Balaban J connectivity index is 1.59. The number of non-ortho nitro benzene ring substituents is 1. The molecule has 0 amide bonds. The van der Waals surface area contributed by atoms with E-state index in [9.17, 15) is 10.1 Å². The zero-order valence-corrected chi connectivity index (χ0v) is 13.7. The number of thiazole rings is 1. The summed E-state index contributed by atoms with van der Waals surface area (Å²) >= 11 is 1.50. The lowest BCUT2D eigenvalue weighted by atomic mass is 10.1. The maximum absolute atomic E-state index is 11.2. The summed E-state index contributed by atoms with van der Waals surface area (Å²) in [6, 6.07) is 10.2. The highest BCUT2D eigenvalue weighted by Crippen LogP contribution is 2.30. The van der Waals surface area contributed by atoms with Crippen LogP contribution in [-0.2, 0) is 6.54 Å². The predicted octanol–water partition coefficient (Wildman–Crippen LogP) is 4.47. The van der Waals surface area contributed by atoms with Crippen molar-refractivity contribution in [2.45, 2.75) is 6.54 Å². The van der Waals surface area contributed by atoms with Gasteiger partial charge in [0.2, 0.25) is 0 Å². The van der Waals surface area contributed by atoms with Gasteiger partial charge in [0.1, 0.15) is 5.52 Å². The summed E-state index contributed by atoms with van der Waals surface area (Å²) in [5.41, 5.74) is 2.20. The minimum atomic E-state index is -0.399. The van der Waals surface area contributed by atoms with Crippen molar-refractivity contribution in [2.24, 2.45) is 0 Å². The highest BCUT2D eigenvalue weighted by atomic mass is 32.1. The normalized spacial score (nSPS) is 10.9. The predicted molar refractivity (Wildman–Crippen MR) is 95.5 cm³/mol. The number of nitro groups is 1. The van der Waals surface area contributed by atoms with Gasteiger partial charge in [-0.05, 0) is 30.3 Å². The third-order valence-corrected chi connectivity index (χ3v) is 4.59. The largest absolute Gasteiger partial charge is 0.462 e. The number of anilines is 1. The molecule has 0 spiro atoms.